The molecule has 0 radical (unpaired) electrons. The Morgan fingerprint density at radius 3 is 2.51 bits per heavy atom. The number of carbonyl (C=O) groups is 1. The van der Waals surface area contributed by atoms with E-state index in [1.165, 1.54) is 16.8 Å². The monoisotopic (exact) mass is 585 g/mol. The number of para-hydroxylation sites is 2. The number of piperazine rings is 1. The number of likely N-dealkylation sites (tertiary alicyclic amines) is 1. The van der Waals surface area contributed by atoms with Gasteiger partial charge in [0.15, 0.2) is 0 Å². The molecule has 2 fully saturated rings. The number of halogens is 1. The summed E-state index contributed by atoms with van der Waals surface area (Å²) < 4.78 is 3.32. The fourth-order valence-electron chi connectivity index (χ4n) is 6.15. The first-order chi connectivity index (χ1) is 19.0. The van der Waals surface area contributed by atoms with E-state index in [1.807, 2.05) is 6.07 Å². The number of imidazole rings is 1. The number of aryl methyl sites for hydroxylation is 2. The summed E-state index contributed by atoms with van der Waals surface area (Å²) in [6.45, 7) is 10.2. The molecule has 0 N–H and O–H groups in total. The third kappa shape index (κ3) is 5.48. The smallest absolute Gasteiger partial charge is 0.227 e. The number of hydrogen-bond acceptors (Lipinski definition) is 4. The summed E-state index contributed by atoms with van der Waals surface area (Å²) in [4.78, 5) is 25.6. The van der Waals surface area contributed by atoms with Crippen LogP contribution in [0.1, 0.15) is 29.8 Å². The zero-order valence-electron chi connectivity index (χ0n) is 22.8. The van der Waals surface area contributed by atoms with Crippen molar-refractivity contribution in [2.75, 3.05) is 44.2 Å². The van der Waals surface area contributed by atoms with Crippen molar-refractivity contribution >= 4 is 38.6 Å². The van der Waals surface area contributed by atoms with Crippen LogP contribution in [-0.2, 0) is 11.3 Å². The minimum atomic E-state index is 0.0523. The molecule has 1 atom stereocenters. The van der Waals surface area contributed by atoms with Crippen LogP contribution in [0.4, 0.5) is 5.69 Å². The predicted molar refractivity (Wildman–Crippen MR) is 161 cm³/mol. The predicted octanol–water partition coefficient (Wildman–Crippen LogP) is 5.97. The van der Waals surface area contributed by atoms with Gasteiger partial charge in [0, 0.05) is 48.6 Å². The summed E-state index contributed by atoms with van der Waals surface area (Å²) in [6.07, 6.45) is 2.01. The number of benzene rings is 3. The third-order valence-corrected chi connectivity index (χ3v) is 8.76. The number of fused-ring (bicyclic) bond motifs is 1. The number of hydrogen-bond donors (Lipinski definition) is 0. The molecule has 2 saturated heterocycles. The minimum absolute atomic E-state index is 0.0523. The number of rotatable bonds is 5. The molecule has 4 aromatic rings. The molecule has 2 aliphatic heterocycles. The number of amides is 1. The lowest BCUT2D eigenvalue weighted by Gasteiger charge is -2.40. The van der Waals surface area contributed by atoms with Gasteiger partial charge in [-0.05, 0) is 86.8 Å². The fraction of sp³-hybridized carbons (Fsp3) is 0.375. The van der Waals surface area contributed by atoms with Gasteiger partial charge in [-0.1, -0.05) is 40.2 Å². The molecule has 1 aromatic heterocycles. The Morgan fingerprint density at radius 1 is 0.949 bits per heavy atom. The van der Waals surface area contributed by atoms with E-state index in [0.29, 0.717) is 5.91 Å². The van der Waals surface area contributed by atoms with Crippen molar-refractivity contribution < 1.29 is 4.79 Å². The second-order valence-corrected chi connectivity index (χ2v) is 11.9. The average Bonchev–Trinajstić information content (AvgIpc) is 3.32. The average molecular weight is 587 g/mol. The third-order valence-electron chi connectivity index (χ3n) is 8.23. The highest BCUT2D eigenvalue weighted by Crippen LogP contribution is 2.27. The minimum Gasteiger partial charge on any atom is -0.368 e. The van der Waals surface area contributed by atoms with Crippen molar-refractivity contribution in [3.05, 3.63) is 88.2 Å². The molecular weight excluding hydrogens is 550 g/mol. The highest BCUT2D eigenvalue weighted by Gasteiger charge is 2.32. The van der Waals surface area contributed by atoms with Gasteiger partial charge in [-0.15, -0.1) is 0 Å². The maximum absolute atomic E-state index is 13.6. The van der Waals surface area contributed by atoms with Gasteiger partial charge >= 0.3 is 0 Å². The van der Waals surface area contributed by atoms with Crippen LogP contribution in [0.3, 0.4) is 0 Å². The SMILES string of the molecule is Cc1ccc(C)c(N2CCN(C(=O)[C@H]3CCCN(Cc4nc5ccccc5n4-c4ccc(Br)cc4)C3)CC2)c1. The lowest BCUT2D eigenvalue weighted by atomic mass is 9.96. The van der Waals surface area contributed by atoms with E-state index >= 15 is 0 Å². The Bertz CT molecular complexity index is 1470. The zero-order chi connectivity index (χ0) is 26.9. The van der Waals surface area contributed by atoms with Gasteiger partial charge in [-0.3, -0.25) is 14.3 Å². The Hall–Kier alpha value is -3.16. The standard InChI is InChI=1S/C32H36BrN5O/c1-23-9-10-24(2)30(20-23)36-16-18-37(19-17-36)32(39)25-6-5-15-35(21-25)22-31-34-28-7-3-4-8-29(28)38(31)27-13-11-26(33)12-14-27/h3-4,7-14,20,25H,5-6,15-19,21-22H2,1-2H3/t25-/m0/s1. The molecule has 6 nitrogen and oxygen atoms in total. The molecule has 0 spiro atoms. The largest absolute Gasteiger partial charge is 0.368 e. The summed E-state index contributed by atoms with van der Waals surface area (Å²) in [5.74, 6) is 1.40. The second-order valence-electron chi connectivity index (χ2n) is 11.0. The van der Waals surface area contributed by atoms with Crippen LogP contribution in [-0.4, -0.2) is 64.5 Å². The molecule has 6 rings (SSSR count). The van der Waals surface area contributed by atoms with Crippen molar-refractivity contribution in [1.29, 1.82) is 0 Å². The summed E-state index contributed by atoms with van der Waals surface area (Å²) >= 11 is 3.56. The van der Waals surface area contributed by atoms with Crippen molar-refractivity contribution in [1.82, 2.24) is 19.4 Å². The molecular formula is C32H36BrN5O. The van der Waals surface area contributed by atoms with Crippen molar-refractivity contribution in [2.24, 2.45) is 5.92 Å². The first-order valence-electron chi connectivity index (χ1n) is 14.0. The van der Waals surface area contributed by atoms with Crippen LogP contribution >= 0.6 is 15.9 Å². The molecule has 1 amide bonds. The summed E-state index contributed by atoms with van der Waals surface area (Å²) in [5, 5.41) is 0. The topological polar surface area (TPSA) is 44.6 Å². The van der Waals surface area contributed by atoms with Crippen LogP contribution in [0, 0.1) is 19.8 Å². The molecule has 0 unspecified atom stereocenters. The number of carbonyl (C=O) groups excluding carboxylic acids is 1. The maximum Gasteiger partial charge on any atom is 0.227 e. The zero-order valence-corrected chi connectivity index (χ0v) is 24.4. The molecule has 3 heterocycles. The molecule has 0 aliphatic carbocycles. The maximum atomic E-state index is 13.6. The van der Waals surface area contributed by atoms with Gasteiger partial charge in [-0.2, -0.15) is 0 Å². The number of anilines is 1. The van der Waals surface area contributed by atoms with Crippen LogP contribution in [0.2, 0.25) is 0 Å². The molecule has 2 aliphatic rings. The van der Waals surface area contributed by atoms with E-state index in [1.54, 1.807) is 0 Å². The quantitative estimate of drug-likeness (QED) is 0.289. The van der Waals surface area contributed by atoms with Crippen molar-refractivity contribution in [2.45, 2.75) is 33.2 Å². The van der Waals surface area contributed by atoms with Crippen LogP contribution < -0.4 is 4.90 Å². The summed E-state index contributed by atoms with van der Waals surface area (Å²) in [5.41, 5.74) is 7.11. The highest BCUT2D eigenvalue weighted by molar-refractivity contribution is 9.10. The lowest BCUT2D eigenvalue weighted by molar-refractivity contribution is -0.137. The van der Waals surface area contributed by atoms with E-state index < -0.39 is 0 Å². The fourth-order valence-corrected chi connectivity index (χ4v) is 6.41. The number of aromatic nitrogens is 2. The Morgan fingerprint density at radius 2 is 1.72 bits per heavy atom. The molecule has 0 bridgehead atoms. The lowest BCUT2D eigenvalue weighted by Crippen LogP contribution is -2.52. The summed E-state index contributed by atoms with van der Waals surface area (Å²) in [7, 11) is 0. The Balaban J connectivity index is 1.14. The number of piperidine rings is 1. The highest BCUT2D eigenvalue weighted by atomic mass is 79.9. The van der Waals surface area contributed by atoms with Crippen molar-refractivity contribution in [3.63, 3.8) is 0 Å². The van der Waals surface area contributed by atoms with Crippen LogP contribution in [0.15, 0.2) is 71.2 Å². The van der Waals surface area contributed by atoms with E-state index in [9.17, 15) is 4.79 Å². The second kappa shape index (κ2) is 11.1. The van der Waals surface area contributed by atoms with Gasteiger partial charge in [0.05, 0.1) is 23.5 Å². The molecule has 3 aromatic carbocycles. The van der Waals surface area contributed by atoms with Gasteiger partial charge in [0.2, 0.25) is 5.91 Å². The van der Waals surface area contributed by atoms with E-state index in [-0.39, 0.29) is 5.92 Å². The van der Waals surface area contributed by atoms with Gasteiger partial charge in [-0.25, -0.2) is 4.98 Å². The number of nitrogens with zero attached hydrogens (tertiary/aromatic N) is 5. The Kier molecular flexibility index (Phi) is 7.45. The van der Waals surface area contributed by atoms with Crippen molar-refractivity contribution in [3.8, 4) is 5.69 Å². The molecule has 202 valence electrons. The van der Waals surface area contributed by atoms with Gasteiger partial charge in [0.25, 0.3) is 0 Å². The van der Waals surface area contributed by atoms with Gasteiger partial charge in [0.1, 0.15) is 5.82 Å². The van der Waals surface area contributed by atoms with Gasteiger partial charge < -0.3 is 9.80 Å². The normalized spacial score (nSPS) is 18.6. The first kappa shape index (κ1) is 26.1. The first-order valence-corrected chi connectivity index (χ1v) is 14.8. The van der Waals surface area contributed by atoms with Crippen LogP contribution in [0.25, 0.3) is 16.7 Å². The Labute approximate surface area is 239 Å². The molecule has 7 heteroatoms. The van der Waals surface area contributed by atoms with Crippen LogP contribution in [0.5, 0.6) is 0 Å². The van der Waals surface area contributed by atoms with E-state index in [4.69, 9.17) is 4.98 Å². The molecule has 0 saturated carbocycles. The van der Waals surface area contributed by atoms with E-state index in [2.05, 4.69) is 110 Å². The molecule has 39 heavy (non-hydrogen) atoms. The van der Waals surface area contributed by atoms with E-state index in [0.717, 1.165) is 85.7 Å². The summed E-state index contributed by atoms with van der Waals surface area (Å²) in [6, 6.07) is 23.4.